The summed E-state index contributed by atoms with van der Waals surface area (Å²) in [6.07, 6.45) is 6.96. The third kappa shape index (κ3) is 3.95. The van der Waals surface area contributed by atoms with Crippen LogP contribution in [0.25, 0.3) is 0 Å². The minimum atomic E-state index is -0.176. The molecule has 1 aliphatic rings. The molecule has 19 heavy (non-hydrogen) atoms. The van der Waals surface area contributed by atoms with Crippen LogP contribution in [-0.2, 0) is 6.42 Å². The Morgan fingerprint density at radius 1 is 1.37 bits per heavy atom. The van der Waals surface area contributed by atoms with E-state index in [1.807, 2.05) is 6.07 Å². The Kier molecular flexibility index (Phi) is 5.70. The van der Waals surface area contributed by atoms with Crippen molar-refractivity contribution in [3.63, 3.8) is 0 Å². The molecular weight excluding hydrogens is 327 g/mol. The molecule has 2 rings (SSSR count). The molecule has 0 bridgehead atoms. The van der Waals surface area contributed by atoms with Gasteiger partial charge in [0.15, 0.2) is 0 Å². The fourth-order valence-corrected chi connectivity index (χ4v) is 3.94. The fraction of sp³-hybridized carbons (Fsp3) is 0.625. The molecule has 1 aromatic carbocycles. The summed E-state index contributed by atoms with van der Waals surface area (Å²) in [6.45, 7) is 2.24. The van der Waals surface area contributed by atoms with E-state index in [0.717, 1.165) is 24.3 Å². The third-order valence-electron chi connectivity index (χ3n) is 4.21. The lowest BCUT2D eigenvalue weighted by atomic mass is 9.76. The van der Waals surface area contributed by atoms with Gasteiger partial charge in [-0.1, -0.05) is 31.9 Å². The lowest BCUT2D eigenvalue weighted by Crippen LogP contribution is -2.27. The van der Waals surface area contributed by atoms with Gasteiger partial charge in [0, 0.05) is 5.38 Å². The van der Waals surface area contributed by atoms with Crippen molar-refractivity contribution in [3.05, 3.63) is 34.1 Å². The van der Waals surface area contributed by atoms with Crippen LogP contribution < -0.4 is 0 Å². The van der Waals surface area contributed by atoms with E-state index < -0.39 is 0 Å². The largest absolute Gasteiger partial charge is 0.206 e. The maximum absolute atomic E-state index is 13.5. The van der Waals surface area contributed by atoms with Crippen molar-refractivity contribution in [2.75, 3.05) is 0 Å². The van der Waals surface area contributed by atoms with Gasteiger partial charge in [0.05, 0.1) is 4.47 Å². The van der Waals surface area contributed by atoms with E-state index >= 15 is 0 Å². The summed E-state index contributed by atoms with van der Waals surface area (Å²) in [5, 5.41) is 0.239. The van der Waals surface area contributed by atoms with Crippen LogP contribution in [0.4, 0.5) is 4.39 Å². The Bertz CT molecular complexity index is 421. The molecule has 0 spiro atoms. The molecule has 3 unspecified atom stereocenters. The summed E-state index contributed by atoms with van der Waals surface area (Å²) in [7, 11) is 0. The Morgan fingerprint density at radius 3 is 2.89 bits per heavy atom. The number of benzene rings is 1. The number of hydrogen-bond donors (Lipinski definition) is 0. The normalized spacial score (nSPS) is 27.5. The standard InChI is InChI=1S/C16H21BrClF/c1-2-4-11-7-8-14(18)13(9-11)10-12-5-3-6-15(19)16(12)17/h3,5-6,11,13-14H,2,4,7-10H2,1H3. The summed E-state index contributed by atoms with van der Waals surface area (Å²) in [6, 6.07) is 5.28. The van der Waals surface area contributed by atoms with Crippen LogP contribution in [0.3, 0.4) is 0 Å². The minimum Gasteiger partial charge on any atom is -0.206 e. The first-order valence-electron chi connectivity index (χ1n) is 7.18. The molecule has 0 heterocycles. The minimum absolute atomic E-state index is 0.176. The Hall–Kier alpha value is -0.0800. The molecule has 0 saturated heterocycles. The number of hydrogen-bond acceptors (Lipinski definition) is 0. The maximum Gasteiger partial charge on any atom is 0.137 e. The van der Waals surface area contributed by atoms with Crippen LogP contribution in [0.2, 0.25) is 0 Å². The van der Waals surface area contributed by atoms with Gasteiger partial charge in [0.1, 0.15) is 5.82 Å². The summed E-state index contributed by atoms with van der Waals surface area (Å²) < 4.78 is 14.2. The second-order valence-corrected chi connectivity index (χ2v) is 7.01. The second-order valence-electron chi connectivity index (χ2n) is 5.66. The highest BCUT2D eigenvalue weighted by atomic mass is 79.9. The van der Waals surface area contributed by atoms with Gasteiger partial charge in [-0.15, -0.1) is 11.6 Å². The van der Waals surface area contributed by atoms with Crippen LogP contribution in [0.15, 0.2) is 22.7 Å². The van der Waals surface area contributed by atoms with Gasteiger partial charge in [0.25, 0.3) is 0 Å². The summed E-state index contributed by atoms with van der Waals surface area (Å²) >= 11 is 9.84. The van der Waals surface area contributed by atoms with Gasteiger partial charge in [-0.3, -0.25) is 0 Å². The molecular formula is C16H21BrClF. The van der Waals surface area contributed by atoms with Crippen molar-refractivity contribution in [1.29, 1.82) is 0 Å². The highest BCUT2D eigenvalue weighted by Crippen LogP contribution is 2.38. The van der Waals surface area contributed by atoms with E-state index in [4.69, 9.17) is 11.6 Å². The Morgan fingerprint density at radius 2 is 2.16 bits per heavy atom. The number of rotatable bonds is 4. The summed E-state index contributed by atoms with van der Waals surface area (Å²) in [4.78, 5) is 0. The lowest BCUT2D eigenvalue weighted by molar-refractivity contribution is 0.257. The third-order valence-corrected chi connectivity index (χ3v) is 5.67. The topological polar surface area (TPSA) is 0 Å². The van der Waals surface area contributed by atoms with Crippen LogP contribution in [0.5, 0.6) is 0 Å². The van der Waals surface area contributed by atoms with E-state index in [9.17, 15) is 4.39 Å². The van der Waals surface area contributed by atoms with Gasteiger partial charge in [-0.25, -0.2) is 4.39 Å². The molecule has 0 radical (unpaired) electrons. The van der Waals surface area contributed by atoms with Crippen LogP contribution in [-0.4, -0.2) is 5.38 Å². The van der Waals surface area contributed by atoms with Crippen molar-refractivity contribution >= 4 is 27.5 Å². The molecule has 1 aromatic rings. The van der Waals surface area contributed by atoms with Crippen molar-refractivity contribution in [2.24, 2.45) is 11.8 Å². The van der Waals surface area contributed by atoms with E-state index in [2.05, 4.69) is 22.9 Å². The lowest BCUT2D eigenvalue weighted by Gasteiger charge is -2.33. The van der Waals surface area contributed by atoms with Gasteiger partial charge >= 0.3 is 0 Å². The quantitative estimate of drug-likeness (QED) is 0.590. The average molecular weight is 348 g/mol. The van der Waals surface area contributed by atoms with Crippen molar-refractivity contribution in [2.45, 2.75) is 50.8 Å². The molecule has 0 aromatic heterocycles. The van der Waals surface area contributed by atoms with Gasteiger partial charge in [-0.05, 0) is 65.1 Å². The molecule has 106 valence electrons. The van der Waals surface area contributed by atoms with Crippen molar-refractivity contribution < 1.29 is 4.39 Å². The van der Waals surface area contributed by atoms with E-state index in [1.54, 1.807) is 6.07 Å². The van der Waals surface area contributed by atoms with Gasteiger partial charge in [-0.2, -0.15) is 0 Å². The number of alkyl halides is 1. The zero-order chi connectivity index (χ0) is 13.8. The molecule has 3 heteroatoms. The summed E-state index contributed by atoms with van der Waals surface area (Å²) in [5.74, 6) is 1.10. The predicted octanol–water partition coefficient (Wildman–Crippen LogP) is 5.95. The molecule has 0 nitrogen and oxygen atoms in total. The fourth-order valence-electron chi connectivity index (χ4n) is 3.19. The van der Waals surface area contributed by atoms with Crippen LogP contribution >= 0.6 is 27.5 Å². The van der Waals surface area contributed by atoms with Crippen molar-refractivity contribution in [1.82, 2.24) is 0 Å². The number of halogens is 3. The van der Waals surface area contributed by atoms with Crippen LogP contribution in [0.1, 0.15) is 44.6 Å². The molecule has 0 aliphatic heterocycles. The second kappa shape index (κ2) is 7.08. The van der Waals surface area contributed by atoms with Gasteiger partial charge in [0.2, 0.25) is 0 Å². The molecule has 1 saturated carbocycles. The molecule has 3 atom stereocenters. The average Bonchev–Trinajstić information content (AvgIpc) is 2.39. The monoisotopic (exact) mass is 346 g/mol. The first-order chi connectivity index (χ1) is 9.11. The zero-order valence-corrected chi connectivity index (χ0v) is 13.7. The van der Waals surface area contributed by atoms with E-state index in [1.165, 1.54) is 31.7 Å². The smallest absolute Gasteiger partial charge is 0.137 e. The highest BCUT2D eigenvalue weighted by Gasteiger charge is 2.29. The van der Waals surface area contributed by atoms with Crippen molar-refractivity contribution in [3.8, 4) is 0 Å². The first kappa shape index (κ1) is 15.3. The van der Waals surface area contributed by atoms with Crippen LogP contribution in [0, 0.1) is 17.7 Å². The zero-order valence-electron chi connectivity index (χ0n) is 11.3. The maximum atomic E-state index is 13.5. The Balaban J connectivity index is 2.05. The molecule has 1 fully saturated rings. The molecule has 0 amide bonds. The van der Waals surface area contributed by atoms with E-state index in [0.29, 0.717) is 10.4 Å². The molecule has 0 N–H and O–H groups in total. The summed E-state index contributed by atoms with van der Waals surface area (Å²) in [5.41, 5.74) is 1.05. The first-order valence-corrected chi connectivity index (χ1v) is 8.41. The Labute approximate surface area is 128 Å². The van der Waals surface area contributed by atoms with Gasteiger partial charge < -0.3 is 0 Å². The SMILES string of the molecule is CCCC1CCC(Cl)C(Cc2cccc(F)c2Br)C1. The molecule has 1 aliphatic carbocycles. The highest BCUT2D eigenvalue weighted by molar-refractivity contribution is 9.10. The van der Waals surface area contributed by atoms with E-state index in [-0.39, 0.29) is 11.2 Å². The predicted molar refractivity (Wildman–Crippen MR) is 83.2 cm³/mol.